The van der Waals surface area contributed by atoms with E-state index in [0.29, 0.717) is 25.0 Å². The van der Waals surface area contributed by atoms with Crippen molar-refractivity contribution in [1.82, 2.24) is 0 Å². The minimum Gasteiger partial charge on any atom is -0.462 e. The second-order valence-corrected chi connectivity index (χ2v) is 4.41. The van der Waals surface area contributed by atoms with Crippen molar-refractivity contribution < 1.29 is 14.3 Å². The number of allylic oxidation sites excluding steroid dienone is 2. The lowest BCUT2D eigenvalue weighted by molar-refractivity contribution is -0.107. The Balaban J connectivity index is 2.19. The third-order valence-corrected chi connectivity index (χ3v) is 2.71. The average molecular weight is 272 g/mol. The largest absolute Gasteiger partial charge is 0.462 e. The Hall–Kier alpha value is -2.16. The molecule has 0 saturated heterocycles. The second kappa shape index (κ2) is 9.73. The molecule has 0 atom stereocenters. The maximum atomic E-state index is 11.7. The van der Waals surface area contributed by atoms with Crippen molar-refractivity contribution in [1.29, 1.82) is 0 Å². The summed E-state index contributed by atoms with van der Waals surface area (Å²) in [4.78, 5) is 21.8. The maximum absolute atomic E-state index is 11.7. The molecule has 106 valence electrons. The third-order valence-electron chi connectivity index (χ3n) is 2.71. The van der Waals surface area contributed by atoms with Crippen molar-refractivity contribution in [2.45, 2.75) is 25.7 Å². The molecule has 20 heavy (non-hydrogen) atoms. The highest BCUT2D eigenvalue weighted by Gasteiger charge is 2.05. The first-order valence-electron chi connectivity index (χ1n) is 6.74. The minimum absolute atomic E-state index is 0.312. The van der Waals surface area contributed by atoms with E-state index >= 15 is 0 Å². The lowest BCUT2D eigenvalue weighted by Crippen LogP contribution is -2.06. The quantitative estimate of drug-likeness (QED) is 0.298. The van der Waals surface area contributed by atoms with Crippen LogP contribution in [0.4, 0.5) is 0 Å². The third kappa shape index (κ3) is 6.69. The summed E-state index contributed by atoms with van der Waals surface area (Å²) in [7, 11) is 0. The average Bonchev–Trinajstić information content (AvgIpc) is 2.48. The van der Waals surface area contributed by atoms with E-state index in [1.807, 2.05) is 18.2 Å². The Kier molecular flexibility index (Phi) is 7.73. The summed E-state index contributed by atoms with van der Waals surface area (Å²) in [5.74, 6) is -0.312. The molecule has 0 amide bonds. The Bertz CT molecular complexity index is 460. The van der Waals surface area contributed by atoms with Crippen LogP contribution in [0.25, 0.3) is 0 Å². The lowest BCUT2D eigenvalue weighted by Gasteiger charge is -2.04. The van der Waals surface area contributed by atoms with Crippen molar-refractivity contribution in [3.63, 3.8) is 0 Å². The van der Waals surface area contributed by atoms with Gasteiger partial charge < -0.3 is 9.53 Å². The van der Waals surface area contributed by atoms with E-state index in [2.05, 4.69) is 6.58 Å². The fourth-order valence-electron chi connectivity index (χ4n) is 1.58. The number of carbonyl (C=O) groups excluding carboxylic acids is 2. The summed E-state index contributed by atoms with van der Waals surface area (Å²) in [6.45, 7) is 4.22. The van der Waals surface area contributed by atoms with Gasteiger partial charge in [-0.1, -0.05) is 42.5 Å². The van der Waals surface area contributed by atoms with Crippen LogP contribution in [0.3, 0.4) is 0 Å². The summed E-state index contributed by atoms with van der Waals surface area (Å²) < 4.78 is 5.16. The SMILES string of the molecule is C=C(/C=C/CCCC=O)CCOC(=O)c1ccccc1. The van der Waals surface area contributed by atoms with Gasteiger partial charge in [0.25, 0.3) is 0 Å². The molecule has 0 N–H and O–H groups in total. The normalized spacial score (nSPS) is 10.4. The number of hydrogen-bond donors (Lipinski definition) is 0. The molecular weight excluding hydrogens is 252 g/mol. The summed E-state index contributed by atoms with van der Waals surface area (Å²) in [5.41, 5.74) is 1.47. The second-order valence-electron chi connectivity index (χ2n) is 4.41. The smallest absolute Gasteiger partial charge is 0.338 e. The van der Waals surface area contributed by atoms with Crippen molar-refractivity contribution in [2.75, 3.05) is 6.61 Å². The first-order chi connectivity index (χ1) is 9.74. The van der Waals surface area contributed by atoms with E-state index in [4.69, 9.17) is 4.74 Å². The summed E-state index contributed by atoms with van der Waals surface area (Å²) >= 11 is 0. The van der Waals surface area contributed by atoms with E-state index in [9.17, 15) is 9.59 Å². The highest BCUT2D eigenvalue weighted by Crippen LogP contribution is 2.06. The molecule has 0 aliphatic carbocycles. The van der Waals surface area contributed by atoms with Crippen LogP contribution in [0, 0.1) is 0 Å². The monoisotopic (exact) mass is 272 g/mol. The number of benzene rings is 1. The summed E-state index contributed by atoms with van der Waals surface area (Å²) in [6.07, 6.45) is 7.75. The Morgan fingerprint density at radius 1 is 1.20 bits per heavy atom. The number of hydrogen-bond acceptors (Lipinski definition) is 3. The summed E-state index contributed by atoms with van der Waals surface area (Å²) in [5, 5.41) is 0. The Morgan fingerprint density at radius 2 is 1.95 bits per heavy atom. The fraction of sp³-hybridized carbons (Fsp3) is 0.294. The minimum atomic E-state index is -0.312. The van der Waals surface area contributed by atoms with Gasteiger partial charge in [0.15, 0.2) is 0 Å². The van der Waals surface area contributed by atoms with Gasteiger partial charge in [0.05, 0.1) is 12.2 Å². The van der Waals surface area contributed by atoms with Crippen LogP contribution in [0.5, 0.6) is 0 Å². The van der Waals surface area contributed by atoms with Gasteiger partial charge in [-0.05, 0) is 25.0 Å². The van der Waals surface area contributed by atoms with Gasteiger partial charge in [0.1, 0.15) is 6.29 Å². The van der Waals surface area contributed by atoms with Crippen LogP contribution < -0.4 is 0 Å². The van der Waals surface area contributed by atoms with E-state index in [0.717, 1.165) is 24.7 Å². The molecule has 3 heteroatoms. The molecule has 1 rings (SSSR count). The molecule has 0 radical (unpaired) electrons. The summed E-state index contributed by atoms with van der Waals surface area (Å²) in [6, 6.07) is 8.91. The number of aldehydes is 1. The number of rotatable bonds is 9. The first kappa shape index (κ1) is 15.9. The predicted molar refractivity (Wildman–Crippen MR) is 79.5 cm³/mol. The van der Waals surface area contributed by atoms with Gasteiger partial charge in [-0.2, -0.15) is 0 Å². The number of unbranched alkanes of at least 4 members (excludes halogenated alkanes) is 2. The van der Waals surface area contributed by atoms with Crippen LogP contribution >= 0.6 is 0 Å². The lowest BCUT2D eigenvalue weighted by atomic mass is 10.1. The molecular formula is C17H20O3. The van der Waals surface area contributed by atoms with Gasteiger partial charge in [-0.25, -0.2) is 4.79 Å². The molecule has 1 aromatic rings. The molecule has 0 saturated carbocycles. The van der Waals surface area contributed by atoms with Gasteiger partial charge in [0.2, 0.25) is 0 Å². The number of carbonyl (C=O) groups is 2. The topological polar surface area (TPSA) is 43.4 Å². The van der Waals surface area contributed by atoms with Crippen LogP contribution in [-0.2, 0) is 9.53 Å². The van der Waals surface area contributed by atoms with Crippen LogP contribution in [-0.4, -0.2) is 18.9 Å². The molecule has 3 nitrogen and oxygen atoms in total. The molecule has 0 aliphatic rings. The molecule has 0 bridgehead atoms. The van der Waals surface area contributed by atoms with Crippen molar-refractivity contribution >= 4 is 12.3 Å². The standard InChI is InChI=1S/C17H20O3/c1-15(9-5-2-3-8-13-18)12-14-20-17(19)16-10-6-4-7-11-16/h4-7,9-11,13H,1-3,8,12,14H2/b9-5+. The molecule has 0 aromatic heterocycles. The molecule has 1 aromatic carbocycles. The van der Waals surface area contributed by atoms with Crippen LogP contribution in [0.2, 0.25) is 0 Å². The highest BCUT2D eigenvalue weighted by atomic mass is 16.5. The van der Waals surface area contributed by atoms with Crippen LogP contribution in [0.1, 0.15) is 36.0 Å². The highest BCUT2D eigenvalue weighted by molar-refractivity contribution is 5.89. The first-order valence-corrected chi connectivity index (χ1v) is 6.74. The van der Waals surface area contributed by atoms with Gasteiger partial charge in [-0.15, -0.1) is 0 Å². The molecule has 0 unspecified atom stereocenters. The van der Waals surface area contributed by atoms with Gasteiger partial charge in [-0.3, -0.25) is 0 Å². The molecule has 0 fully saturated rings. The maximum Gasteiger partial charge on any atom is 0.338 e. The van der Waals surface area contributed by atoms with E-state index in [-0.39, 0.29) is 5.97 Å². The predicted octanol–water partition coefficient (Wildman–Crippen LogP) is 3.72. The Morgan fingerprint density at radius 3 is 2.65 bits per heavy atom. The fourth-order valence-corrected chi connectivity index (χ4v) is 1.58. The van der Waals surface area contributed by atoms with E-state index < -0.39 is 0 Å². The van der Waals surface area contributed by atoms with Crippen molar-refractivity contribution in [3.8, 4) is 0 Å². The number of ether oxygens (including phenoxy) is 1. The Labute approximate surface area is 120 Å². The van der Waals surface area contributed by atoms with Crippen LogP contribution in [0.15, 0.2) is 54.6 Å². The van der Waals surface area contributed by atoms with E-state index in [1.165, 1.54) is 0 Å². The number of esters is 1. The van der Waals surface area contributed by atoms with Gasteiger partial charge in [0, 0.05) is 12.8 Å². The van der Waals surface area contributed by atoms with Crippen molar-refractivity contribution in [2.24, 2.45) is 0 Å². The zero-order chi connectivity index (χ0) is 14.6. The molecule has 0 heterocycles. The van der Waals surface area contributed by atoms with Crippen molar-refractivity contribution in [3.05, 3.63) is 60.2 Å². The van der Waals surface area contributed by atoms with E-state index in [1.54, 1.807) is 24.3 Å². The molecule has 0 spiro atoms. The zero-order valence-electron chi connectivity index (χ0n) is 11.6. The molecule has 0 aliphatic heterocycles. The zero-order valence-corrected chi connectivity index (χ0v) is 11.6. The van der Waals surface area contributed by atoms with Gasteiger partial charge >= 0.3 is 5.97 Å².